The molecule has 1 unspecified atom stereocenters. The van der Waals surface area contributed by atoms with Gasteiger partial charge in [0.25, 0.3) is 0 Å². The zero-order valence-electron chi connectivity index (χ0n) is 18.4. The Labute approximate surface area is 186 Å². The van der Waals surface area contributed by atoms with E-state index in [0.29, 0.717) is 19.4 Å². The Morgan fingerprint density at radius 3 is 2.38 bits per heavy atom. The molecule has 5 nitrogen and oxygen atoms in total. The van der Waals surface area contributed by atoms with E-state index in [1.165, 1.54) is 12.1 Å². The van der Waals surface area contributed by atoms with Gasteiger partial charge >= 0.3 is 0 Å². The summed E-state index contributed by atoms with van der Waals surface area (Å²) in [6.45, 7) is 4.37. The monoisotopic (exact) mass is 442 g/mol. The number of carbonyl (C=O) groups is 2. The fourth-order valence-corrected chi connectivity index (χ4v) is 4.66. The first kappa shape index (κ1) is 22.2. The van der Waals surface area contributed by atoms with E-state index >= 15 is 0 Å². The molecule has 7 heteroatoms. The highest BCUT2D eigenvalue weighted by Crippen LogP contribution is 2.30. The number of aryl methyl sites for hydroxylation is 2. The van der Waals surface area contributed by atoms with E-state index in [1.807, 2.05) is 32.0 Å². The van der Waals surface area contributed by atoms with Gasteiger partial charge in [-0.05, 0) is 51.2 Å². The maximum atomic E-state index is 13.3. The van der Waals surface area contributed by atoms with Crippen molar-refractivity contribution in [2.45, 2.75) is 58.1 Å². The summed E-state index contributed by atoms with van der Waals surface area (Å²) in [6, 6.07) is 9.13. The lowest BCUT2D eigenvalue weighted by atomic mass is 9.92. The summed E-state index contributed by atoms with van der Waals surface area (Å²) in [5, 5.41) is 3.09. The molecule has 2 aromatic rings. The van der Waals surface area contributed by atoms with Crippen molar-refractivity contribution in [1.29, 1.82) is 0 Å². The highest BCUT2D eigenvalue weighted by molar-refractivity contribution is 6.00. The number of hydrogen-bond acceptors (Lipinski definition) is 3. The zero-order chi connectivity index (χ0) is 22.8. The van der Waals surface area contributed by atoms with Gasteiger partial charge in [-0.15, -0.1) is 0 Å². The van der Waals surface area contributed by atoms with Gasteiger partial charge in [0, 0.05) is 42.9 Å². The molecule has 0 spiro atoms. The second kappa shape index (κ2) is 9.27. The first-order valence-electron chi connectivity index (χ1n) is 11.1. The SMILES string of the molecule is Cc1ccc(N2CC(C(=O)NC3CCC(Oc4cc(F)cc(F)c4)CC3)CC2=O)c(C)c1. The molecule has 0 bridgehead atoms. The van der Waals surface area contributed by atoms with E-state index in [2.05, 4.69) is 5.32 Å². The number of halogens is 2. The third-order valence-corrected chi connectivity index (χ3v) is 6.30. The molecule has 2 aliphatic rings. The Kier molecular flexibility index (Phi) is 6.44. The molecule has 1 saturated carbocycles. The molecule has 1 N–H and O–H groups in total. The molecule has 2 fully saturated rings. The van der Waals surface area contributed by atoms with Crippen LogP contribution in [0.4, 0.5) is 14.5 Å². The van der Waals surface area contributed by atoms with Crippen LogP contribution in [0.2, 0.25) is 0 Å². The maximum Gasteiger partial charge on any atom is 0.227 e. The van der Waals surface area contributed by atoms with Crippen LogP contribution in [-0.4, -0.2) is 30.5 Å². The molecule has 0 aromatic heterocycles. The second-order valence-electron chi connectivity index (χ2n) is 8.90. The summed E-state index contributed by atoms with van der Waals surface area (Å²) in [4.78, 5) is 27.1. The molecule has 1 aliphatic heterocycles. The van der Waals surface area contributed by atoms with Gasteiger partial charge in [0.1, 0.15) is 17.4 Å². The summed E-state index contributed by atoms with van der Waals surface area (Å²) in [5.41, 5.74) is 3.02. The molecular weight excluding hydrogens is 414 g/mol. The van der Waals surface area contributed by atoms with Gasteiger partial charge in [-0.25, -0.2) is 8.78 Å². The van der Waals surface area contributed by atoms with Crippen molar-refractivity contribution in [1.82, 2.24) is 5.32 Å². The van der Waals surface area contributed by atoms with Crippen molar-refractivity contribution in [2.24, 2.45) is 5.92 Å². The van der Waals surface area contributed by atoms with Crippen LogP contribution < -0.4 is 15.0 Å². The van der Waals surface area contributed by atoms with Crippen molar-refractivity contribution >= 4 is 17.5 Å². The highest BCUT2D eigenvalue weighted by atomic mass is 19.1. The first-order valence-corrected chi connectivity index (χ1v) is 11.1. The van der Waals surface area contributed by atoms with Crippen LogP contribution in [0.3, 0.4) is 0 Å². The number of benzene rings is 2. The average molecular weight is 443 g/mol. The van der Waals surface area contributed by atoms with Crippen molar-refractivity contribution in [3.05, 3.63) is 59.2 Å². The topological polar surface area (TPSA) is 58.6 Å². The fourth-order valence-electron chi connectivity index (χ4n) is 4.66. The van der Waals surface area contributed by atoms with E-state index in [-0.39, 0.29) is 42.0 Å². The van der Waals surface area contributed by atoms with Crippen molar-refractivity contribution in [3.63, 3.8) is 0 Å². The lowest BCUT2D eigenvalue weighted by Crippen LogP contribution is -2.43. The summed E-state index contributed by atoms with van der Waals surface area (Å²) in [7, 11) is 0. The van der Waals surface area contributed by atoms with E-state index in [0.717, 1.165) is 35.7 Å². The first-order chi connectivity index (χ1) is 15.3. The lowest BCUT2D eigenvalue weighted by molar-refractivity contribution is -0.127. The van der Waals surface area contributed by atoms with Crippen molar-refractivity contribution in [3.8, 4) is 5.75 Å². The number of carbonyl (C=O) groups excluding carboxylic acids is 2. The Balaban J connectivity index is 1.28. The lowest BCUT2D eigenvalue weighted by Gasteiger charge is -2.30. The van der Waals surface area contributed by atoms with Crippen LogP contribution in [0, 0.1) is 31.4 Å². The van der Waals surface area contributed by atoms with Crippen LogP contribution in [0.5, 0.6) is 5.75 Å². The molecule has 1 aliphatic carbocycles. The van der Waals surface area contributed by atoms with Gasteiger partial charge in [-0.2, -0.15) is 0 Å². The van der Waals surface area contributed by atoms with Crippen LogP contribution in [0.1, 0.15) is 43.2 Å². The molecule has 2 aromatic carbocycles. The van der Waals surface area contributed by atoms with Crippen LogP contribution in [0.25, 0.3) is 0 Å². The van der Waals surface area contributed by atoms with Gasteiger partial charge in [0.15, 0.2) is 0 Å². The van der Waals surface area contributed by atoms with Crippen LogP contribution >= 0.6 is 0 Å². The summed E-state index contributed by atoms with van der Waals surface area (Å²) in [6.07, 6.45) is 2.87. The van der Waals surface area contributed by atoms with Gasteiger partial charge < -0.3 is 15.0 Å². The maximum absolute atomic E-state index is 13.3. The highest BCUT2D eigenvalue weighted by Gasteiger charge is 2.36. The Bertz CT molecular complexity index is 998. The average Bonchev–Trinajstić information content (AvgIpc) is 3.10. The summed E-state index contributed by atoms with van der Waals surface area (Å²) in [5.74, 6) is -1.64. The number of nitrogens with one attached hydrogen (secondary N) is 1. The molecule has 170 valence electrons. The van der Waals surface area contributed by atoms with Crippen LogP contribution in [0.15, 0.2) is 36.4 Å². The number of rotatable bonds is 5. The standard InChI is InChI=1S/C25H28F2N2O3/c1-15-3-8-23(16(2)9-15)29-14-17(10-24(29)30)25(31)28-20-4-6-21(7-5-20)32-22-12-18(26)11-19(27)13-22/h3,8-9,11-13,17,20-21H,4-7,10,14H2,1-2H3,(H,28,31). The second-order valence-corrected chi connectivity index (χ2v) is 8.90. The molecule has 1 atom stereocenters. The van der Waals surface area contributed by atoms with E-state index in [4.69, 9.17) is 4.74 Å². The number of hydrogen-bond donors (Lipinski definition) is 1. The molecule has 4 rings (SSSR count). The summed E-state index contributed by atoms with van der Waals surface area (Å²) < 4.78 is 32.4. The largest absolute Gasteiger partial charge is 0.490 e. The van der Waals surface area contributed by atoms with Gasteiger partial charge in [-0.3, -0.25) is 9.59 Å². The van der Waals surface area contributed by atoms with E-state index < -0.39 is 11.6 Å². The van der Waals surface area contributed by atoms with Crippen LogP contribution in [-0.2, 0) is 9.59 Å². The summed E-state index contributed by atoms with van der Waals surface area (Å²) >= 11 is 0. The number of amides is 2. The fraction of sp³-hybridized carbons (Fsp3) is 0.440. The third-order valence-electron chi connectivity index (χ3n) is 6.30. The number of anilines is 1. The molecular formula is C25H28F2N2O3. The van der Waals surface area contributed by atoms with Crippen molar-refractivity contribution in [2.75, 3.05) is 11.4 Å². The van der Waals surface area contributed by atoms with E-state index in [1.54, 1.807) is 4.90 Å². The predicted octanol–water partition coefficient (Wildman–Crippen LogP) is 4.44. The van der Waals surface area contributed by atoms with Gasteiger partial charge in [-0.1, -0.05) is 17.7 Å². The smallest absolute Gasteiger partial charge is 0.227 e. The number of nitrogens with zero attached hydrogens (tertiary/aromatic N) is 1. The van der Waals surface area contributed by atoms with E-state index in [9.17, 15) is 18.4 Å². The molecule has 0 radical (unpaired) electrons. The molecule has 32 heavy (non-hydrogen) atoms. The molecule has 2 amide bonds. The Hall–Kier alpha value is -2.96. The van der Waals surface area contributed by atoms with Gasteiger partial charge in [0.2, 0.25) is 11.8 Å². The third kappa shape index (κ3) is 5.09. The quantitative estimate of drug-likeness (QED) is 0.745. The minimum absolute atomic E-state index is 0.0110. The molecule has 1 heterocycles. The Morgan fingerprint density at radius 2 is 1.72 bits per heavy atom. The minimum Gasteiger partial charge on any atom is -0.490 e. The minimum atomic E-state index is -0.665. The predicted molar refractivity (Wildman–Crippen MR) is 118 cm³/mol. The number of ether oxygens (including phenoxy) is 1. The van der Waals surface area contributed by atoms with Gasteiger partial charge in [0.05, 0.1) is 12.0 Å². The normalized spacial score (nSPS) is 23.3. The van der Waals surface area contributed by atoms with Crippen molar-refractivity contribution < 1.29 is 23.1 Å². The Morgan fingerprint density at radius 1 is 1.03 bits per heavy atom. The zero-order valence-corrected chi connectivity index (χ0v) is 18.4. The molecule has 1 saturated heterocycles.